The summed E-state index contributed by atoms with van der Waals surface area (Å²) in [7, 11) is 0. The Hall–Kier alpha value is -3.26. The molecule has 1 aromatic carbocycles. The van der Waals surface area contributed by atoms with E-state index in [1.165, 1.54) is 6.08 Å². The van der Waals surface area contributed by atoms with Crippen LogP contribution in [-0.2, 0) is 10.4 Å². The number of nitrogens with zero attached hydrogens (tertiary/aromatic N) is 2. The second-order valence-corrected chi connectivity index (χ2v) is 7.39. The lowest BCUT2D eigenvalue weighted by Gasteiger charge is -2.32. The number of halogens is 6. The van der Waals surface area contributed by atoms with Gasteiger partial charge in [0.15, 0.2) is 0 Å². The van der Waals surface area contributed by atoms with E-state index in [-0.39, 0.29) is 17.2 Å². The van der Waals surface area contributed by atoms with E-state index in [0.717, 1.165) is 12.1 Å². The molecule has 5 nitrogen and oxygen atoms in total. The molecule has 172 valence electrons. The van der Waals surface area contributed by atoms with Gasteiger partial charge in [0.05, 0.1) is 0 Å². The third-order valence-corrected chi connectivity index (χ3v) is 4.96. The van der Waals surface area contributed by atoms with Gasteiger partial charge in [0.1, 0.15) is 11.6 Å². The van der Waals surface area contributed by atoms with Crippen molar-refractivity contribution in [3.05, 3.63) is 58.4 Å². The van der Waals surface area contributed by atoms with Crippen LogP contribution in [-0.4, -0.2) is 27.9 Å². The number of nitrogens with two attached hydrogens (primary N) is 1. The molecule has 2 aromatic rings. The first-order valence-electron chi connectivity index (χ1n) is 9.16. The number of carbonyl (C=O) groups is 1. The lowest BCUT2D eigenvalue weighted by molar-refractivity contribution is -0.376. The van der Waals surface area contributed by atoms with E-state index in [4.69, 9.17) is 11.0 Å². The summed E-state index contributed by atoms with van der Waals surface area (Å²) in [5.74, 6) is -1.09. The zero-order valence-corrected chi connectivity index (χ0v) is 17.1. The molecular formula is C21H19F6N3O2. The molecule has 0 unspecified atom stereocenters. The van der Waals surface area contributed by atoms with Gasteiger partial charge in [-0.3, -0.25) is 4.79 Å². The zero-order valence-electron chi connectivity index (χ0n) is 17.1. The van der Waals surface area contributed by atoms with Crippen molar-refractivity contribution < 1.29 is 36.2 Å². The summed E-state index contributed by atoms with van der Waals surface area (Å²) in [6.07, 6.45) is -10.7. The third kappa shape index (κ3) is 4.23. The van der Waals surface area contributed by atoms with Crippen LogP contribution in [0.15, 0.2) is 35.9 Å². The molecule has 0 bridgehead atoms. The van der Waals surface area contributed by atoms with Gasteiger partial charge in [0.25, 0.3) is 11.5 Å². The minimum atomic E-state index is -5.99. The maximum absolute atomic E-state index is 13.1. The molecule has 0 spiro atoms. The topological polar surface area (TPSA) is 92.0 Å². The Labute approximate surface area is 179 Å². The van der Waals surface area contributed by atoms with Gasteiger partial charge in [0.2, 0.25) is 0 Å². The third-order valence-electron chi connectivity index (χ3n) is 4.96. The van der Waals surface area contributed by atoms with Gasteiger partial charge in [0, 0.05) is 22.6 Å². The highest BCUT2D eigenvalue weighted by Crippen LogP contribution is 2.50. The van der Waals surface area contributed by atoms with Gasteiger partial charge in [-0.15, -0.1) is 0 Å². The highest BCUT2D eigenvalue weighted by Gasteiger charge is 2.71. The number of aliphatic hydroxyl groups is 1. The van der Waals surface area contributed by atoms with Crippen LogP contribution in [0, 0.1) is 18.3 Å². The van der Waals surface area contributed by atoms with Crippen LogP contribution in [0.4, 0.5) is 26.3 Å². The number of aromatic nitrogens is 1. The Morgan fingerprint density at radius 1 is 1.12 bits per heavy atom. The van der Waals surface area contributed by atoms with E-state index in [2.05, 4.69) is 0 Å². The van der Waals surface area contributed by atoms with Crippen molar-refractivity contribution in [2.75, 3.05) is 0 Å². The molecule has 0 radical (unpaired) electrons. The monoisotopic (exact) mass is 459 g/mol. The van der Waals surface area contributed by atoms with E-state index in [1.807, 2.05) is 0 Å². The molecule has 0 aliphatic rings. The fourth-order valence-corrected chi connectivity index (χ4v) is 3.22. The summed E-state index contributed by atoms with van der Waals surface area (Å²) >= 11 is 0. The van der Waals surface area contributed by atoms with Crippen LogP contribution in [0.2, 0.25) is 0 Å². The van der Waals surface area contributed by atoms with Crippen LogP contribution in [0.25, 0.3) is 11.8 Å². The molecule has 0 saturated carbocycles. The quantitative estimate of drug-likeness (QED) is 0.389. The molecule has 0 fully saturated rings. The largest absolute Gasteiger partial charge is 0.430 e. The minimum absolute atomic E-state index is 0.142. The molecule has 0 saturated heterocycles. The van der Waals surface area contributed by atoms with E-state index < -0.39 is 29.4 Å². The van der Waals surface area contributed by atoms with Crippen LogP contribution in [0.3, 0.4) is 0 Å². The highest BCUT2D eigenvalue weighted by atomic mass is 19.4. The van der Waals surface area contributed by atoms with Gasteiger partial charge < -0.3 is 15.4 Å². The Morgan fingerprint density at radius 3 is 2.00 bits per heavy atom. The number of nitriles is 1. The van der Waals surface area contributed by atoms with Gasteiger partial charge in [-0.05, 0) is 42.7 Å². The lowest BCUT2D eigenvalue weighted by atomic mass is 9.92. The van der Waals surface area contributed by atoms with Crippen LogP contribution < -0.4 is 5.73 Å². The van der Waals surface area contributed by atoms with Crippen LogP contribution in [0.5, 0.6) is 0 Å². The van der Waals surface area contributed by atoms with E-state index in [9.17, 15) is 36.2 Å². The second-order valence-electron chi connectivity index (χ2n) is 7.39. The average molecular weight is 459 g/mol. The van der Waals surface area contributed by atoms with Crippen LogP contribution in [0.1, 0.15) is 42.3 Å². The summed E-state index contributed by atoms with van der Waals surface area (Å²) in [4.78, 5) is 11.4. The normalized spacial score (nSPS) is 13.4. The van der Waals surface area contributed by atoms with Crippen molar-refractivity contribution in [3.63, 3.8) is 0 Å². The number of benzene rings is 1. The molecule has 11 heteroatoms. The number of hydrogen-bond acceptors (Lipinski definition) is 3. The molecule has 1 heterocycles. The summed E-state index contributed by atoms with van der Waals surface area (Å²) in [5, 5.41) is 18.6. The number of rotatable bonds is 5. The van der Waals surface area contributed by atoms with Crippen molar-refractivity contribution in [2.24, 2.45) is 5.73 Å². The first kappa shape index (κ1) is 25.0. The fourth-order valence-electron chi connectivity index (χ4n) is 3.22. The molecular weight excluding hydrogens is 440 g/mol. The minimum Gasteiger partial charge on any atom is -0.369 e. The van der Waals surface area contributed by atoms with Crippen molar-refractivity contribution in [2.45, 2.75) is 44.6 Å². The highest BCUT2D eigenvalue weighted by molar-refractivity contribution is 6.00. The Morgan fingerprint density at radius 2 is 1.62 bits per heavy atom. The number of amides is 1. The van der Waals surface area contributed by atoms with E-state index in [1.54, 1.807) is 37.5 Å². The van der Waals surface area contributed by atoms with Crippen molar-refractivity contribution >= 4 is 12.0 Å². The molecule has 3 N–H and O–H groups in total. The Bertz CT molecular complexity index is 1070. The summed E-state index contributed by atoms with van der Waals surface area (Å²) in [5.41, 5.74) is 0.152. The smallest absolute Gasteiger partial charge is 0.369 e. The van der Waals surface area contributed by atoms with Crippen molar-refractivity contribution in [1.29, 1.82) is 5.26 Å². The molecule has 0 atom stereocenters. The Balaban J connectivity index is 2.68. The average Bonchev–Trinajstić information content (AvgIpc) is 3.00. The summed E-state index contributed by atoms with van der Waals surface area (Å²) in [6.45, 7) is 5.21. The van der Waals surface area contributed by atoms with E-state index in [0.29, 0.717) is 29.1 Å². The molecule has 0 aliphatic heterocycles. The molecule has 0 aliphatic carbocycles. The van der Waals surface area contributed by atoms with Gasteiger partial charge >= 0.3 is 12.4 Å². The molecule has 32 heavy (non-hydrogen) atoms. The predicted octanol–water partition coefficient (Wildman–Crippen LogP) is 4.61. The summed E-state index contributed by atoms with van der Waals surface area (Å²) in [6, 6.07) is 6.44. The maximum Gasteiger partial charge on any atom is 0.430 e. The number of carbonyl (C=O) groups excluding carboxylic acids is 1. The van der Waals surface area contributed by atoms with Crippen molar-refractivity contribution in [3.8, 4) is 11.8 Å². The number of alkyl halides is 6. The summed E-state index contributed by atoms with van der Waals surface area (Å²) < 4.78 is 80.3. The molecule has 1 amide bonds. The molecule has 1 aromatic heterocycles. The van der Waals surface area contributed by atoms with Gasteiger partial charge in [-0.2, -0.15) is 31.6 Å². The SMILES string of the molecule is Cc1c(/C=C(\C#N)C(N)=O)cc(C(C)C)n1-c1ccc(C(O)(C(F)(F)F)C(F)(F)F)cc1. The second kappa shape index (κ2) is 8.35. The fraction of sp³-hybridized carbons (Fsp3) is 0.333. The van der Waals surface area contributed by atoms with Crippen molar-refractivity contribution in [1.82, 2.24) is 4.57 Å². The van der Waals surface area contributed by atoms with Gasteiger partial charge in [-0.25, -0.2) is 0 Å². The molecule has 2 rings (SSSR count). The standard InChI is InChI=1S/C21H19F6N3O2/c1-11(2)17-9-13(8-14(10-28)18(29)31)12(3)30(17)16-6-4-15(5-7-16)19(32,20(22,23)24)21(25,26)27/h4-9,11,32H,1-3H3,(H2,29,31)/b14-8+. The number of primary amides is 1. The van der Waals surface area contributed by atoms with E-state index >= 15 is 0 Å². The Kier molecular flexibility index (Phi) is 6.52. The zero-order chi connectivity index (χ0) is 24.6. The maximum atomic E-state index is 13.1. The van der Waals surface area contributed by atoms with Gasteiger partial charge in [-0.1, -0.05) is 26.0 Å². The van der Waals surface area contributed by atoms with Crippen LogP contribution >= 0.6 is 0 Å². The lowest BCUT2D eigenvalue weighted by Crippen LogP contribution is -2.53. The first-order valence-corrected chi connectivity index (χ1v) is 9.16. The first-order chi connectivity index (χ1) is 14.6. The number of hydrogen-bond donors (Lipinski definition) is 2. The predicted molar refractivity (Wildman–Crippen MR) is 103 cm³/mol.